The summed E-state index contributed by atoms with van der Waals surface area (Å²) in [6, 6.07) is 0. The van der Waals surface area contributed by atoms with Crippen molar-refractivity contribution in [1.82, 2.24) is 24.1 Å². The lowest BCUT2D eigenvalue weighted by Crippen LogP contribution is -2.26. The smallest absolute Gasteiger partial charge is 0.251 e. The normalized spacial score (nSPS) is 11.0. The maximum Gasteiger partial charge on any atom is 0.251 e. The van der Waals surface area contributed by atoms with Crippen molar-refractivity contribution in [1.29, 1.82) is 0 Å². The van der Waals surface area contributed by atoms with Gasteiger partial charge in [0.1, 0.15) is 6.33 Å². The van der Waals surface area contributed by atoms with Crippen LogP contribution in [0.4, 0.5) is 0 Å². The fraction of sp³-hybridized carbons (Fsp3) is 0.214. The van der Waals surface area contributed by atoms with Gasteiger partial charge in [0.05, 0.1) is 16.5 Å². The first kappa shape index (κ1) is 13.9. The summed E-state index contributed by atoms with van der Waals surface area (Å²) in [6.07, 6.45) is 4.87. The van der Waals surface area contributed by atoms with Gasteiger partial charge in [0.25, 0.3) is 5.91 Å². The van der Waals surface area contributed by atoms with Crippen LogP contribution in [-0.4, -0.2) is 35.8 Å². The minimum atomic E-state index is -0.663. The predicted molar refractivity (Wildman–Crippen MR) is 78.6 cm³/mol. The topological polar surface area (TPSA) is 108 Å². The highest BCUT2D eigenvalue weighted by molar-refractivity contribution is 6.11. The Morgan fingerprint density at radius 2 is 1.86 bits per heavy atom. The Kier molecular flexibility index (Phi) is 3.01. The van der Waals surface area contributed by atoms with E-state index in [9.17, 15) is 9.59 Å². The van der Waals surface area contributed by atoms with Gasteiger partial charge in [-0.2, -0.15) is 0 Å². The Bertz CT molecular complexity index is 948. The van der Waals surface area contributed by atoms with Crippen molar-refractivity contribution in [2.45, 2.75) is 20.8 Å². The highest BCUT2D eigenvalue weighted by Crippen LogP contribution is 2.17. The molecule has 0 spiro atoms. The van der Waals surface area contributed by atoms with Gasteiger partial charge in [0, 0.05) is 12.4 Å². The standard InChI is InChI=1S/C14H14N6O2/c1-7(2)11-10(12(15)22)9(8(3)21)13-17-18-14(20(11)13)19-5-4-16-6-19/h4-6H,1-3H3,(H2,15,22). The number of nitrogens with zero attached hydrogens (tertiary/aromatic N) is 5. The molecule has 8 nitrogen and oxygen atoms in total. The highest BCUT2D eigenvalue weighted by atomic mass is 16.1. The molecule has 0 fully saturated rings. The molecule has 0 saturated carbocycles. The Morgan fingerprint density at radius 3 is 2.36 bits per heavy atom. The molecule has 8 heteroatoms. The van der Waals surface area contributed by atoms with E-state index in [1.807, 2.05) is 13.8 Å². The lowest BCUT2D eigenvalue weighted by atomic mass is 10.1. The molecule has 0 aliphatic rings. The van der Waals surface area contributed by atoms with Crippen LogP contribution in [-0.2, 0) is 0 Å². The SMILES string of the molecule is CC(=O)c1c(C(N)=O)c(=C(C)C)n2c(-n3ccnc3)nnc12. The average molecular weight is 298 g/mol. The van der Waals surface area contributed by atoms with E-state index in [4.69, 9.17) is 5.73 Å². The maximum atomic E-state index is 12.0. The van der Waals surface area contributed by atoms with Gasteiger partial charge >= 0.3 is 0 Å². The van der Waals surface area contributed by atoms with Gasteiger partial charge in [0.15, 0.2) is 11.4 Å². The van der Waals surface area contributed by atoms with Gasteiger partial charge in [0.2, 0.25) is 5.95 Å². The summed E-state index contributed by atoms with van der Waals surface area (Å²) in [5, 5.41) is 8.71. The molecule has 0 atom stereocenters. The molecule has 1 amide bonds. The van der Waals surface area contributed by atoms with E-state index >= 15 is 0 Å². The van der Waals surface area contributed by atoms with Crippen LogP contribution < -0.4 is 11.1 Å². The Morgan fingerprint density at radius 1 is 1.14 bits per heavy atom. The fourth-order valence-corrected chi connectivity index (χ4v) is 2.58. The molecule has 0 bridgehead atoms. The summed E-state index contributed by atoms with van der Waals surface area (Å²) in [5.41, 5.74) is 7.02. The number of rotatable bonds is 3. The van der Waals surface area contributed by atoms with Crippen LogP contribution in [0.5, 0.6) is 0 Å². The molecule has 3 rings (SSSR count). The lowest BCUT2D eigenvalue weighted by molar-refractivity contribution is 0.0974. The van der Waals surface area contributed by atoms with Crippen molar-refractivity contribution >= 4 is 22.9 Å². The second-order valence-electron chi connectivity index (χ2n) is 5.15. The number of nitrogens with two attached hydrogens (primary N) is 1. The summed E-state index contributed by atoms with van der Waals surface area (Å²) in [7, 11) is 0. The number of carbonyl (C=O) groups is 2. The van der Waals surface area contributed by atoms with Crippen LogP contribution in [0.1, 0.15) is 41.5 Å². The number of amides is 1. The van der Waals surface area contributed by atoms with E-state index in [0.29, 0.717) is 16.9 Å². The fourth-order valence-electron chi connectivity index (χ4n) is 2.58. The van der Waals surface area contributed by atoms with Crippen LogP contribution in [0.15, 0.2) is 18.7 Å². The van der Waals surface area contributed by atoms with E-state index in [1.165, 1.54) is 6.92 Å². The Labute approximate surface area is 125 Å². The first-order valence-electron chi connectivity index (χ1n) is 6.60. The number of Topliss-reactive ketones (excluding diaryl/α,β-unsaturated/α-hetero) is 1. The largest absolute Gasteiger partial charge is 0.366 e. The first-order chi connectivity index (χ1) is 10.4. The predicted octanol–water partition coefficient (Wildman–Crippen LogP) is 0.126. The van der Waals surface area contributed by atoms with Crippen molar-refractivity contribution in [3.63, 3.8) is 0 Å². The van der Waals surface area contributed by atoms with Gasteiger partial charge in [-0.15, -0.1) is 10.2 Å². The lowest BCUT2D eigenvalue weighted by Gasteiger charge is -2.00. The Balaban J connectivity index is 2.58. The molecule has 3 aromatic rings. The molecule has 0 radical (unpaired) electrons. The van der Waals surface area contributed by atoms with Gasteiger partial charge in [-0.05, 0) is 20.8 Å². The van der Waals surface area contributed by atoms with Crippen LogP contribution in [0.2, 0.25) is 0 Å². The summed E-state index contributed by atoms with van der Waals surface area (Å²) in [4.78, 5) is 27.9. The number of carbonyl (C=O) groups excluding carboxylic acids is 2. The zero-order chi connectivity index (χ0) is 16.0. The number of ketones is 1. The monoisotopic (exact) mass is 298 g/mol. The van der Waals surface area contributed by atoms with Crippen molar-refractivity contribution < 1.29 is 9.59 Å². The van der Waals surface area contributed by atoms with Crippen molar-refractivity contribution in [2.75, 3.05) is 0 Å². The number of hydrogen-bond donors (Lipinski definition) is 1. The van der Waals surface area contributed by atoms with Gasteiger partial charge < -0.3 is 5.73 Å². The number of aromatic nitrogens is 5. The van der Waals surface area contributed by atoms with Crippen molar-refractivity contribution in [2.24, 2.45) is 5.73 Å². The van der Waals surface area contributed by atoms with E-state index in [-0.39, 0.29) is 16.9 Å². The second-order valence-corrected chi connectivity index (χ2v) is 5.15. The molecule has 3 aromatic heterocycles. The van der Waals surface area contributed by atoms with E-state index in [2.05, 4.69) is 15.2 Å². The average Bonchev–Trinajstić information content (AvgIpc) is 3.11. The zero-order valence-corrected chi connectivity index (χ0v) is 12.4. The summed E-state index contributed by atoms with van der Waals surface area (Å²) in [6.45, 7) is 5.05. The quantitative estimate of drug-likeness (QED) is 0.691. The summed E-state index contributed by atoms with van der Waals surface area (Å²) >= 11 is 0. The number of imidazole rings is 1. The van der Waals surface area contributed by atoms with Gasteiger partial charge in [-0.25, -0.2) is 4.98 Å². The second kappa shape index (κ2) is 4.76. The summed E-state index contributed by atoms with van der Waals surface area (Å²) in [5.74, 6) is -0.502. The molecule has 0 aliphatic carbocycles. The van der Waals surface area contributed by atoms with Crippen molar-refractivity contribution in [3.05, 3.63) is 35.2 Å². The molecule has 3 heterocycles. The Hall–Kier alpha value is -3.03. The number of fused-ring (bicyclic) bond motifs is 1. The molecule has 112 valence electrons. The van der Waals surface area contributed by atoms with E-state index in [0.717, 1.165) is 5.57 Å². The molecule has 0 saturated heterocycles. The van der Waals surface area contributed by atoms with Crippen LogP contribution in [0.25, 0.3) is 17.2 Å². The minimum Gasteiger partial charge on any atom is -0.366 e. The van der Waals surface area contributed by atoms with E-state index in [1.54, 1.807) is 27.7 Å². The molecule has 2 N–H and O–H groups in total. The molecule has 0 aromatic carbocycles. The van der Waals surface area contributed by atoms with Gasteiger partial charge in [-0.1, -0.05) is 5.57 Å². The molecule has 0 unspecified atom stereocenters. The van der Waals surface area contributed by atoms with E-state index < -0.39 is 5.91 Å². The van der Waals surface area contributed by atoms with Gasteiger partial charge in [-0.3, -0.25) is 18.6 Å². The van der Waals surface area contributed by atoms with Crippen LogP contribution >= 0.6 is 0 Å². The van der Waals surface area contributed by atoms with Crippen LogP contribution in [0, 0.1) is 0 Å². The third-order valence-electron chi connectivity index (χ3n) is 3.39. The molecular weight excluding hydrogens is 284 g/mol. The minimum absolute atomic E-state index is 0.179. The third kappa shape index (κ3) is 1.80. The molecule has 22 heavy (non-hydrogen) atoms. The highest BCUT2D eigenvalue weighted by Gasteiger charge is 2.26. The van der Waals surface area contributed by atoms with Crippen molar-refractivity contribution in [3.8, 4) is 5.95 Å². The van der Waals surface area contributed by atoms with Crippen LogP contribution in [0.3, 0.4) is 0 Å². The summed E-state index contributed by atoms with van der Waals surface area (Å²) < 4.78 is 3.31. The zero-order valence-electron chi connectivity index (χ0n) is 12.4. The number of hydrogen-bond acceptors (Lipinski definition) is 5. The first-order valence-corrected chi connectivity index (χ1v) is 6.60. The third-order valence-corrected chi connectivity index (χ3v) is 3.39. The molecule has 0 aliphatic heterocycles. The molecular formula is C14H14N6O2. The number of primary amides is 1. The maximum absolute atomic E-state index is 12.0.